The molecule has 0 aliphatic rings. The molecule has 0 saturated heterocycles. The summed E-state index contributed by atoms with van der Waals surface area (Å²) < 4.78 is 26.0. The maximum absolute atomic E-state index is 13.2. The molecular weight excluding hydrogens is 270 g/mol. The van der Waals surface area contributed by atoms with Crippen molar-refractivity contribution in [3.63, 3.8) is 0 Å². The highest BCUT2D eigenvalue weighted by Crippen LogP contribution is 2.24. The second-order valence-electron chi connectivity index (χ2n) is 4.24. The highest BCUT2D eigenvalue weighted by atomic mass is 35.5. The number of carbonyl (C=O) groups is 1. The van der Waals surface area contributed by atoms with Crippen LogP contribution in [0.3, 0.4) is 0 Å². The maximum atomic E-state index is 13.2. The number of benzene rings is 2. The van der Waals surface area contributed by atoms with Gasteiger partial charge in [0.15, 0.2) is 0 Å². The van der Waals surface area contributed by atoms with Crippen molar-refractivity contribution in [3.05, 3.63) is 71.3 Å². The van der Waals surface area contributed by atoms with Crippen LogP contribution < -0.4 is 0 Å². The van der Waals surface area contributed by atoms with Crippen molar-refractivity contribution in [3.8, 4) is 0 Å². The third-order valence-electron chi connectivity index (χ3n) is 2.88. The van der Waals surface area contributed by atoms with Gasteiger partial charge in [0.25, 0.3) is 0 Å². The van der Waals surface area contributed by atoms with Crippen LogP contribution in [0.15, 0.2) is 48.5 Å². The summed E-state index contributed by atoms with van der Waals surface area (Å²) in [5.74, 6) is -1.40. The normalized spacial score (nSPS) is 12.2. The number of rotatable bonds is 4. The Morgan fingerprint density at radius 2 is 1.74 bits per heavy atom. The van der Waals surface area contributed by atoms with Gasteiger partial charge in [-0.15, -0.1) is 0 Å². The van der Waals surface area contributed by atoms with Gasteiger partial charge in [0.05, 0.1) is 5.92 Å². The Morgan fingerprint density at radius 3 is 2.32 bits per heavy atom. The minimum atomic E-state index is -0.636. The molecule has 0 heterocycles. The summed E-state index contributed by atoms with van der Waals surface area (Å²) in [6, 6.07) is 11.6. The number of hydrogen-bond donors (Lipinski definition) is 0. The van der Waals surface area contributed by atoms with E-state index >= 15 is 0 Å². The molecule has 4 heteroatoms. The first-order valence-electron chi connectivity index (χ1n) is 5.75. The molecular formula is C15H11ClF2O. The molecule has 2 aromatic rings. The van der Waals surface area contributed by atoms with Crippen LogP contribution in [0.2, 0.25) is 0 Å². The Balaban J connectivity index is 2.26. The molecule has 19 heavy (non-hydrogen) atoms. The molecule has 0 aliphatic heterocycles. The average Bonchev–Trinajstić information content (AvgIpc) is 2.37. The molecule has 0 aliphatic carbocycles. The fraction of sp³-hybridized carbons (Fsp3) is 0.133. The van der Waals surface area contributed by atoms with Crippen LogP contribution in [0.1, 0.15) is 17.0 Å². The smallest absolute Gasteiger partial charge is 0.229 e. The van der Waals surface area contributed by atoms with Crippen LogP contribution in [0.5, 0.6) is 0 Å². The fourth-order valence-corrected chi connectivity index (χ4v) is 2.11. The summed E-state index contributed by atoms with van der Waals surface area (Å²) >= 11 is 5.58. The first kappa shape index (κ1) is 13.7. The summed E-state index contributed by atoms with van der Waals surface area (Å²) in [7, 11) is 0. The van der Waals surface area contributed by atoms with Crippen molar-refractivity contribution in [1.82, 2.24) is 0 Å². The summed E-state index contributed by atoms with van der Waals surface area (Å²) in [6.45, 7) is 0. The molecule has 0 spiro atoms. The van der Waals surface area contributed by atoms with Gasteiger partial charge in [0.2, 0.25) is 5.24 Å². The van der Waals surface area contributed by atoms with E-state index in [4.69, 9.17) is 11.6 Å². The average molecular weight is 281 g/mol. The first-order valence-corrected chi connectivity index (χ1v) is 6.13. The third kappa shape index (κ3) is 3.61. The van der Waals surface area contributed by atoms with Gasteiger partial charge >= 0.3 is 0 Å². The minimum Gasteiger partial charge on any atom is -0.281 e. The zero-order chi connectivity index (χ0) is 13.8. The van der Waals surface area contributed by atoms with Crippen LogP contribution >= 0.6 is 11.6 Å². The zero-order valence-corrected chi connectivity index (χ0v) is 10.7. The van der Waals surface area contributed by atoms with Crippen molar-refractivity contribution < 1.29 is 13.6 Å². The highest BCUT2D eigenvalue weighted by Gasteiger charge is 2.19. The lowest BCUT2D eigenvalue weighted by Crippen LogP contribution is -2.10. The summed E-state index contributed by atoms with van der Waals surface area (Å²) in [5.41, 5.74) is 1.29. The Kier molecular flexibility index (Phi) is 4.27. The molecule has 1 nitrogen and oxygen atoms in total. The van der Waals surface area contributed by atoms with Crippen molar-refractivity contribution in [2.45, 2.75) is 12.3 Å². The van der Waals surface area contributed by atoms with E-state index in [1.54, 1.807) is 18.2 Å². The predicted octanol–water partition coefficient (Wildman–Crippen LogP) is 4.06. The lowest BCUT2D eigenvalue weighted by atomic mass is 9.93. The van der Waals surface area contributed by atoms with Crippen molar-refractivity contribution >= 4 is 16.8 Å². The van der Waals surface area contributed by atoms with Gasteiger partial charge in [-0.05, 0) is 53.4 Å². The van der Waals surface area contributed by atoms with Crippen LogP contribution in [-0.2, 0) is 11.2 Å². The monoisotopic (exact) mass is 280 g/mol. The molecule has 2 rings (SSSR count). The topological polar surface area (TPSA) is 17.1 Å². The maximum Gasteiger partial charge on any atom is 0.229 e. The van der Waals surface area contributed by atoms with Gasteiger partial charge in [-0.25, -0.2) is 8.78 Å². The fourth-order valence-electron chi connectivity index (χ4n) is 1.91. The van der Waals surface area contributed by atoms with E-state index in [9.17, 15) is 13.6 Å². The van der Waals surface area contributed by atoms with E-state index in [-0.39, 0.29) is 5.82 Å². The Morgan fingerprint density at radius 1 is 1.05 bits per heavy atom. The first-order chi connectivity index (χ1) is 9.06. The highest BCUT2D eigenvalue weighted by molar-refractivity contribution is 6.64. The lowest BCUT2D eigenvalue weighted by molar-refractivity contribution is -0.113. The molecule has 0 amide bonds. The van der Waals surface area contributed by atoms with E-state index in [0.29, 0.717) is 12.0 Å². The largest absolute Gasteiger partial charge is 0.281 e. The van der Waals surface area contributed by atoms with Gasteiger partial charge in [-0.2, -0.15) is 0 Å². The van der Waals surface area contributed by atoms with Gasteiger partial charge in [-0.3, -0.25) is 4.79 Å². The van der Waals surface area contributed by atoms with Gasteiger partial charge < -0.3 is 0 Å². The quantitative estimate of drug-likeness (QED) is 0.772. The molecule has 0 bridgehead atoms. The Bertz CT molecular complexity index is 581. The molecule has 0 fully saturated rings. The zero-order valence-electron chi connectivity index (χ0n) is 9.95. The SMILES string of the molecule is O=C(Cl)C(Cc1ccc(F)cc1)c1cccc(F)c1. The van der Waals surface area contributed by atoms with E-state index in [2.05, 4.69) is 0 Å². The van der Waals surface area contributed by atoms with E-state index < -0.39 is 17.0 Å². The van der Waals surface area contributed by atoms with Crippen molar-refractivity contribution in [1.29, 1.82) is 0 Å². The van der Waals surface area contributed by atoms with Crippen molar-refractivity contribution in [2.24, 2.45) is 0 Å². The molecule has 2 aromatic carbocycles. The van der Waals surface area contributed by atoms with E-state index in [1.165, 1.54) is 30.3 Å². The minimum absolute atomic E-state index is 0.312. The van der Waals surface area contributed by atoms with Crippen molar-refractivity contribution in [2.75, 3.05) is 0 Å². The summed E-state index contributed by atoms with van der Waals surface area (Å²) in [6.07, 6.45) is 0.312. The molecule has 0 saturated carbocycles. The molecule has 0 radical (unpaired) electrons. The predicted molar refractivity (Wildman–Crippen MR) is 70.1 cm³/mol. The number of carbonyl (C=O) groups excluding carboxylic acids is 1. The second kappa shape index (κ2) is 5.93. The molecule has 98 valence electrons. The Hall–Kier alpha value is -1.74. The molecule has 1 atom stereocenters. The van der Waals surface area contributed by atoms with Gasteiger partial charge in [-0.1, -0.05) is 24.3 Å². The molecule has 0 aromatic heterocycles. The Labute approximate surface area is 114 Å². The van der Waals surface area contributed by atoms with Crippen LogP contribution in [0.25, 0.3) is 0 Å². The van der Waals surface area contributed by atoms with Gasteiger partial charge in [0, 0.05) is 0 Å². The number of hydrogen-bond acceptors (Lipinski definition) is 1. The summed E-state index contributed by atoms with van der Waals surface area (Å²) in [4.78, 5) is 11.5. The molecule has 1 unspecified atom stereocenters. The molecule has 0 N–H and O–H groups in total. The van der Waals surface area contributed by atoms with Crippen LogP contribution in [-0.4, -0.2) is 5.24 Å². The van der Waals surface area contributed by atoms with E-state index in [0.717, 1.165) is 5.56 Å². The van der Waals surface area contributed by atoms with Crippen LogP contribution in [0.4, 0.5) is 8.78 Å². The summed E-state index contributed by atoms with van der Waals surface area (Å²) in [5, 5.41) is -0.560. The standard InChI is InChI=1S/C15H11ClF2O/c16-15(19)14(11-2-1-3-13(18)9-11)8-10-4-6-12(17)7-5-10/h1-7,9,14H,8H2. The lowest BCUT2D eigenvalue weighted by Gasteiger charge is -2.13. The van der Waals surface area contributed by atoms with E-state index in [1.807, 2.05) is 0 Å². The third-order valence-corrected chi connectivity index (χ3v) is 3.14. The van der Waals surface area contributed by atoms with Gasteiger partial charge in [0.1, 0.15) is 11.6 Å². The second-order valence-corrected chi connectivity index (χ2v) is 4.61. The number of halogens is 3. The van der Waals surface area contributed by atoms with Crippen LogP contribution in [0, 0.1) is 11.6 Å².